The van der Waals surface area contributed by atoms with E-state index in [4.69, 9.17) is 0 Å². The number of aromatic nitrogens is 5. The number of halogens is 1. The summed E-state index contributed by atoms with van der Waals surface area (Å²) in [5.74, 6) is -0.687. The van der Waals surface area contributed by atoms with Crippen LogP contribution in [-0.2, 0) is 10.0 Å². The standard InChI is InChI=1S/C16H13FN6O2S2/c1-16(2-3-16)22-27(24,25)10-4-9-7-18-13-6-12(15-20-19-8-26-15)21-23(13)14(9)11(17)5-10/h4-8,22H,2-3H2,1H3. The Morgan fingerprint density at radius 1 is 1.30 bits per heavy atom. The zero-order valence-corrected chi connectivity index (χ0v) is 15.7. The normalized spacial score (nSPS) is 16.2. The van der Waals surface area contributed by atoms with E-state index < -0.39 is 21.4 Å². The molecule has 4 aromatic rings. The maximum absolute atomic E-state index is 14.9. The summed E-state index contributed by atoms with van der Waals surface area (Å²) >= 11 is 1.31. The Morgan fingerprint density at radius 2 is 2.11 bits per heavy atom. The zero-order valence-electron chi connectivity index (χ0n) is 14.0. The van der Waals surface area contributed by atoms with Gasteiger partial charge in [0.2, 0.25) is 10.0 Å². The molecule has 27 heavy (non-hydrogen) atoms. The molecule has 11 heteroatoms. The predicted octanol–water partition coefficient (Wildman–Crippen LogP) is 2.37. The first kappa shape index (κ1) is 16.7. The van der Waals surface area contributed by atoms with Crippen LogP contribution in [0.25, 0.3) is 27.3 Å². The molecule has 0 bridgehead atoms. The Morgan fingerprint density at radius 3 is 2.81 bits per heavy atom. The van der Waals surface area contributed by atoms with E-state index in [-0.39, 0.29) is 10.4 Å². The van der Waals surface area contributed by atoms with Crippen LogP contribution in [0.4, 0.5) is 4.39 Å². The molecule has 0 aliphatic heterocycles. The SMILES string of the molecule is CC1(NS(=O)(=O)c2cc(F)c3c(cnc4cc(-c5nncs5)nn43)c2)CC1. The number of sulfonamides is 1. The summed E-state index contributed by atoms with van der Waals surface area (Å²) in [7, 11) is -3.82. The van der Waals surface area contributed by atoms with Crippen molar-refractivity contribution in [1.29, 1.82) is 0 Å². The van der Waals surface area contributed by atoms with Crippen LogP contribution in [0.1, 0.15) is 19.8 Å². The summed E-state index contributed by atoms with van der Waals surface area (Å²) in [6, 6.07) is 4.10. The molecule has 5 rings (SSSR count). The van der Waals surface area contributed by atoms with Gasteiger partial charge in [-0.3, -0.25) is 0 Å². The first-order valence-corrected chi connectivity index (χ1v) is 10.5. The summed E-state index contributed by atoms with van der Waals surface area (Å²) in [6.07, 6.45) is 2.98. The summed E-state index contributed by atoms with van der Waals surface area (Å²) in [6.45, 7) is 1.83. The average molecular weight is 404 g/mol. The van der Waals surface area contributed by atoms with Crippen LogP contribution in [0.5, 0.6) is 0 Å². The van der Waals surface area contributed by atoms with E-state index >= 15 is 0 Å². The quantitative estimate of drug-likeness (QED) is 0.560. The van der Waals surface area contributed by atoms with Crippen molar-refractivity contribution in [3.63, 3.8) is 0 Å². The number of nitrogens with one attached hydrogen (secondary N) is 1. The molecule has 1 N–H and O–H groups in total. The van der Waals surface area contributed by atoms with Gasteiger partial charge >= 0.3 is 0 Å². The minimum Gasteiger partial charge on any atom is -0.236 e. The first-order chi connectivity index (χ1) is 12.8. The van der Waals surface area contributed by atoms with Crippen molar-refractivity contribution < 1.29 is 12.8 Å². The molecule has 0 radical (unpaired) electrons. The minimum absolute atomic E-state index is 0.127. The Balaban J connectivity index is 1.67. The fraction of sp³-hybridized carbons (Fsp3) is 0.250. The van der Waals surface area contributed by atoms with Gasteiger partial charge in [-0.25, -0.2) is 27.0 Å². The van der Waals surface area contributed by atoms with Gasteiger partial charge in [-0.1, -0.05) is 11.3 Å². The van der Waals surface area contributed by atoms with E-state index in [2.05, 4.69) is 25.0 Å². The molecule has 0 saturated heterocycles. The van der Waals surface area contributed by atoms with Crippen molar-refractivity contribution in [2.24, 2.45) is 0 Å². The van der Waals surface area contributed by atoms with Crippen LogP contribution in [0.15, 0.2) is 34.8 Å². The summed E-state index contributed by atoms with van der Waals surface area (Å²) < 4.78 is 44.0. The highest BCUT2D eigenvalue weighted by atomic mass is 32.2. The Bertz CT molecular complexity index is 1300. The number of hydrogen-bond donors (Lipinski definition) is 1. The lowest BCUT2D eigenvalue weighted by atomic mass is 10.2. The van der Waals surface area contributed by atoms with Crippen LogP contribution in [-0.4, -0.2) is 38.8 Å². The topological polar surface area (TPSA) is 102 Å². The fourth-order valence-corrected chi connectivity index (χ4v) is 4.92. The smallest absolute Gasteiger partial charge is 0.236 e. The van der Waals surface area contributed by atoms with Gasteiger partial charge in [-0.15, -0.1) is 10.2 Å². The minimum atomic E-state index is -3.82. The van der Waals surface area contributed by atoms with E-state index in [1.165, 1.54) is 28.1 Å². The number of nitrogens with zero attached hydrogens (tertiary/aromatic N) is 5. The fourth-order valence-electron chi connectivity index (χ4n) is 2.90. The molecule has 3 heterocycles. The number of benzene rings is 1. The van der Waals surface area contributed by atoms with Gasteiger partial charge in [-0.2, -0.15) is 5.10 Å². The van der Waals surface area contributed by atoms with E-state index in [1.54, 1.807) is 11.6 Å². The van der Waals surface area contributed by atoms with Crippen LogP contribution in [0, 0.1) is 5.82 Å². The Kier molecular flexibility index (Phi) is 3.39. The van der Waals surface area contributed by atoms with Gasteiger partial charge < -0.3 is 0 Å². The summed E-state index contributed by atoms with van der Waals surface area (Å²) in [5.41, 5.74) is 2.26. The molecule has 1 aliphatic rings. The molecule has 0 amide bonds. The van der Waals surface area contributed by atoms with Crippen molar-refractivity contribution in [1.82, 2.24) is 29.5 Å². The third-order valence-electron chi connectivity index (χ3n) is 4.57. The van der Waals surface area contributed by atoms with Crippen LogP contribution in [0.2, 0.25) is 0 Å². The van der Waals surface area contributed by atoms with Crippen LogP contribution in [0.3, 0.4) is 0 Å². The van der Waals surface area contributed by atoms with E-state index in [0.29, 0.717) is 21.7 Å². The van der Waals surface area contributed by atoms with Crippen molar-refractivity contribution in [2.75, 3.05) is 0 Å². The molecule has 1 saturated carbocycles. The average Bonchev–Trinajstić information content (AvgIpc) is 3.06. The van der Waals surface area contributed by atoms with Gasteiger partial charge in [0.1, 0.15) is 16.7 Å². The molecule has 1 aromatic carbocycles. The molecular formula is C16H13FN6O2S2. The Hall–Kier alpha value is -2.50. The Labute approximate surface area is 157 Å². The lowest BCUT2D eigenvalue weighted by molar-refractivity contribution is 0.556. The molecule has 0 unspecified atom stereocenters. The molecule has 8 nitrogen and oxygen atoms in total. The van der Waals surface area contributed by atoms with E-state index in [1.807, 2.05) is 6.92 Å². The molecule has 0 atom stereocenters. The van der Waals surface area contributed by atoms with Crippen LogP contribution >= 0.6 is 11.3 Å². The predicted molar refractivity (Wildman–Crippen MR) is 97.3 cm³/mol. The monoisotopic (exact) mass is 404 g/mol. The third-order valence-corrected chi connectivity index (χ3v) is 6.91. The lowest BCUT2D eigenvalue weighted by Gasteiger charge is -2.13. The summed E-state index contributed by atoms with van der Waals surface area (Å²) in [5, 5.41) is 13.0. The third kappa shape index (κ3) is 2.78. The second kappa shape index (κ2) is 5.50. The number of fused-ring (bicyclic) bond motifs is 3. The van der Waals surface area contributed by atoms with E-state index in [0.717, 1.165) is 18.9 Å². The van der Waals surface area contributed by atoms with Gasteiger partial charge in [0.15, 0.2) is 16.5 Å². The van der Waals surface area contributed by atoms with Crippen molar-refractivity contribution in [3.05, 3.63) is 35.7 Å². The second-order valence-corrected chi connectivity index (χ2v) is 9.33. The molecule has 1 fully saturated rings. The summed E-state index contributed by atoms with van der Waals surface area (Å²) in [4.78, 5) is 4.14. The van der Waals surface area contributed by atoms with Crippen molar-refractivity contribution >= 4 is 37.9 Å². The van der Waals surface area contributed by atoms with Crippen molar-refractivity contribution in [3.8, 4) is 10.7 Å². The first-order valence-electron chi connectivity index (χ1n) is 8.13. The van der Waals surface area contributed by atoms with Gasteiger partial charge in [-0.05, 0) is 31.9 Å². The highest BCUT2D eigenvalue weighted by molar-refractivity contribution is 7.89. The van der Waals surface area contributed by atoms with Gasteiger partial charge in [0.05, 0.1) is 4.90 Å². The molecule has 138 valence electrons. The van der Waals surface area contributed by atoms with Gasteiger partial charge in [0, 0.05) is 23.2 Å². The molecule has 1 aliphatic carbocycles. The van der Waals surface area contributed by atoms with E-state index in [9.17, 15) is 12.8 Å². The largest absolute Gasteiger partial charge is 0.241 e. The second-order valence-electron chi connectivity index (χ2n) is 6.81. The number of rotatable bonds is 4. The lowest BCUT2D eigenvalue weighted by Crippen LogP contribution is -2.34. The van der Waals surface area contributed by atoms with Gasteiger partial charge in [0.25, 0.3) is 0 Å². The molecular weight excluding hydrogens is 391 g/mol. The van der Waals surface area contributed by atoms with Crippen molar-refractivity contribution in [2.45, 2.75) is 30.2 Å². The molecule has 3 aromatic heterocycles. The highest BCUT2D eigenvalue weighted by Crippen LogP contribution is 2.36. The molecule has 0 spiro atoms. The zero-order chi connectivity index (χ0) is 18.8. The maximum atomic E-state index is 14.9. The highest BCUT2D eigenvalue weighted by Gasteiger charge is 2.41. The maximum Gasteiger partial charge on any atom is 0.241 e. The number of hydrogen-bond acceptors (Lipinski definition) is 7. The van der Waals surface area contributed by atoms with Crippen LogP contribution < -0.4 is 4.72 Å².